The molecule has 0 aliphatic heterocycles. The number of benzene rings is 2. The van der Waals surface area contributed by atoms with Gasteiger partial charge in [-0.05, 0) is 48.4 Å². The SMILES string of the molecule is CCc1ccccc1Nc1nn2c(=O)c3ccc(C(=O)NCc4ccco4)cc3nc2s1. The highest BCUT2D eigenvalue weighted by molar-refractivity contribution is 7.20. The van der Waals surface area contributed by atoms with E-state index in [1.165, 1.54) is 15.9 Å². The Hall–Kier alpha value is -3.98. The highest BCUT2D eigenvalue weighted by Crippen LogP contribution is 2.25. The van der Waals surface area contributed by atoms with Gasteiger partial charge in [0.15, 0.2) is 0 Å². The summed E-state index contributed by atoms with van der Waals surface area (Å²) in [5.41, 5.74) is 2.69. The number of aryl methyl sites for hydroxylation is 1. The molecule has 0 saturated carbocycles. The van der Waals surface area contributed by atoms with Gasteiger partial charge in [-0.2, -0.15) is 4.52 Å². The van der Waals surface area contributed by atoms with Crippen LogP contribution in [0.1, 0.15) is 28.6 Å². The summed E-state index contributed by atoms with van der Waals surface area (Å²) in [6, 6.07) is 16.4. The number of rotatable bonds is 6. The van der Waals surface area contributed by atoms with Crippen LogP contribution in [0.15, 0.2) is 70.1 Å². The molecule has 3 aromatic heterocycles. The summed E-state index contributed by atoms with van der Waals surface area (Å²) in [5, 5.41) is 11.5. The third-order valence-electron chi connectivity index (χ3n) is 5.10. The highest BCUT2D eigenvalue weighted by atomic mass is 32.1. The summed E-state index contributed by atoms with van der Waals surface area (Å²) >= 11 is 1.28. The Bertz CT molecular complexity index is 1490. The first-order valence-electron chi connectivity index (χ1n) is 10.1. The Morgan fingerprint density at radius 2 is 2.03 bits per heavy atom. The average molecular weight is 446 g/mol. The van der Waals surface area contributed by atoms with Crippen LogP contribution in [-0.2, 0) is 13.0 Å². The number of furan rings is 1. The van der Waals surface area contributed by atoms with E-state index >= 15 is 0 Å². The molecule has 2 N–H and O–H groups in total. The Morgan fingerprint density at radius 3 is 2.84 bits per heavy atom. The first-order chi connectivity index (χ1) is 15.6. The number of carbonyl (C=O) groups excluding carboxylic acids is 1. The zero-order chi connectivity index (χ0) is 22.1. The smallest absolute Gasteiger partial charge is 0.283 e. The number of nitrogens with zero attached hydrogens (tertiary/aromatic N) is 3. The minimum atomic E-state index is -0.277. The predicted octanol–water partition coefficient (Wildman–Crippen LogP) is 4.13. The standard InChI is InChI=1S/C23H19N5O3S/c1-2-14-6-3-4-8-18(14)25-22-27-28-21(30)17-10-9-15(12-19(17)26-23(28)32-22)20(29)24-13-16-7-5-11-31-16/h3-12H,2,13H2,1H3,(H,24,29)(H,25,27). The molecule has 2 aromatic carbocycles. The third kappa shape index (κ3) is 3.74. The van der Waals surface area contributed by atoms with E-state index in [9.17, 15) is 9.59 Å². The molecule has 32 heavy (non-hydrogen) atoms. The zero-order valence-corrected chi connectivity index (χ0v) is 18.0. The largest absolute Gasteiger partial charge is 0.467 e. The maximum absolute atomic E-state index is 13.0. The summed E-state index contributed by atoms with van der Waals surface area (Å²) < 4.78 is 6.52. The third-order valence-corrected chi connectivity index (χ3v) is 5.93. The Kier molecular flexibility index (Phi) is 5.16. The van der Waals surface area contributed by atoms with Gasteiger partial charge in [-0.15, -0.1) is 5.10 Å². The summed E-state index contributed by atoms with van der Waals surface area (Å²) in [7, 11) is 0. The van der Waals surface area contributed by atoms with Gasteiger partial charge in [0.05, 0.1) is 23.7 Å². The molecule has 0 aliphatic rings. The quantitative estimate of drug-likeness (QED) is 0.407. The van der Waals surface area contributed by atoms with Gasteiger partial charge in [0.25, 0.3) is 11.5 Å². The van der Waals surface area contributed by atoms with Crippen LogP contribution in [-0.4, -0.2) is 20.5 Å². The summed E-state index contributed by atoms with van der Waals surface area (Å²) in [4.78, 5) is 30.5. The van der Waals surface area contributed by atoms with E-state index in [0.29, 0.717) is 32.3 Å². The lowest BCUT2D eigenvalue weighted by Gasteiger charge is -2.06. The van der Waals surface area contributed by atoms with Crippen molar-refractivity contribution in [1.82, 2.24) is 19.9 Å². The molecule has 0 unspecified atom stereocenters. The molecule has 0 fully saturated rings. The molecule has 1 amide bonds. The maximum Gasteiger partial charge on any atom is 0.283 e. The Labute approximate surface area is 186 Å². The van der Waals surface area contributed by atoms with Gasteiger partial charge < -0.3 is 15.1 Å². The zero-order valence-electron chi connectivity index (χ0n) is 17.2. The molecule has 0 aliphatic carbocycles. The second-order valence-electron chi connectivity index (χ2n) is 7.15. The van der Waals surface area contributed by atoms with Crippen LogP contribution in [0, 0.1) is 0 Å². The van der Waals surface area contributed by atoms with Gasteiger partial charge in [0.2, 0.25) is 10.1 Å². The number of aromatic nitrogens is 3. The van der Waals surface area contributed by atoms with E-state index in [0.717, 1.165) is 17.7 Å². The van der Waals surface area contributed by atoms with Crippen molar-refractivity contribution in [2.45, 2.75) is 19.9 Å². The van der Waals surface area contributed by atoms with Crippen molar-refractivity contribution < 1.29 is 9.21 Å². The predicted molar refractivity (Wildman–Crippen MR) is 124 cm³/mol. The van der Waals surface area contributed by atoms with Crippen molar-refractivity contribution in [3.8, 4) is 0 Å². The molecule has 160 valence electrons. The van der Waals surface area contributed by atoms with E-state index in [4.69, 9.17) is 4.42 Å². The summed E-state index contributed by atoms with van der Waals surface area (Å²) in [5.74, 6) is 0.389. The van der Waals surface area contributed by atoms with Crippen molar-refractivity contribution in [1.29, 1.82) is 0 Å². The van der Waals surface area contributed by atoms with Crippen molar-refractivity contribution in [3.05, 3.63) is 88.1 Å². The molecule has 5 rings (SSSR count). The molecule has 9 heteroatoms. The number of hydrogen-bond acceptors (Lipinski definition) is 7. The van der Waals surface area contributed by atoms with Crippen LogP contribution < -0.4 is 16.2 Å². The summed E-state index contributed by atoms with van der Waals surface area (Å²) in [6.45, 7) is 2.36. The monoisotopic (exact) mass is 445 g/mol. The van der Waals surface area contributed by atoms with Gasteiger partial charge in [-0.1, -0.05) is 36.5 Å². The number of para-hydroxylation sites is 1. The van der Waals surface area contributed by atoms with Crippen molar-refractivity contribution in [2.24, 2.45) is 0 Å². The van der Waals surface area contributed by atoms with Gasteiger partial charge in [0.1, 0.15) is 5.76 Å². The molecule has 5 aromatic rings. The fourth-order valence-corrected chi connectivity index (χ4v) is 4.26. The fourth-order valence-electron chi connectivity index (χ4n) is 3.45. The molecule has 8 nitrogen and oxygen atoms in total. The van der Waals surface area contributed by atoms with Crippen LogP contribution in [0.3, 0.4) is 0 Å². The van der Waals surface area contributed by atoms with E-state index in [-0.39, 0.29) is 18.0 Å². The Morgan fingerprint density at radius 1 is 1.16 bits per heavy atom. The molecule has 0 radical (unpaired) electrons. The second kappa shape index (κ2) is 8.27. The molecular formula is C23H19N5O3S. The number of carbonyl (C=O) groups is 1. The van der Waals surface area contributed by atoms with Crippen LogP contribution in [0.4, 0.5) is 10.8 Å². The minimum absolute atomic E-state index is 0.270. The number of anilines is 2. The molecule has 0 bridgehead atoms. The number of fused-ring (bicyclic) bond motifs is 2. The second-order valence-corrected chi connectivity index (χ2v) is 8.10. The average Bonchev–Trinajstić information content (AvgIpc) is 3.47. The van der Waals surface area contributed by atoms with Crippen LogP contribution in [0.25, 0.3) is 15.9 Å². The number of amides is 1. The lowest BCUT2D eigenvalue weighted by atomic mass is 10.1. The first-order valence-corrected chi connectivity index (χ1v) is 10.9. The lowest BCUT2D eigenvalue weighted by molar-refractivity contribution is 0.0948. The van der Waals surface area contributed by atoms with Crippen LogP contribution in [0.2, 0.25) is 0 Å². The topological polar surface area (TPSA) is 102 Å². The Balaban J connectivity index is 1.46. The van der Waals surface area contributed by atoms with Crippen molar-refractivity contribution in [2.75, 3.05) is 5.32 Å². The lowest BCUT2D eigenvalue weighted by Crippen LogP contribution is -2.23. The van der Waals surface area contributed by atoms with Crippen molar-refractivity contribution in [3.63, 3.8) is 0 Å². The maximum atomic E-state index is 13.0. The van der Waals surface area contributed by atoms with Gasteiger partial charge in [-0.3, -0.25) is 9.59 Å². The van der Waals surface area contributed by atoms with E-state index in [1.807, 2.05) is 24.3 Å². The van der Waals surface area contributed by atoms with Crippen LogP contribution >= 0.6 is 11.3 Å². The fraction of sp³-hybridized carbons (Fsp3) is 0.130. The van der Waals surface area contributed by atoms with Gasteiger partial charge in [0, 0.05) is 11.3 Å². The number of hydrogen-bond donors (Lipinski definition) is 2. The van der Waals surface area contributed by atoms with Crippen LogP contribution in [0.5, 0.6) is 0 Å². The van der Waals surface area contributed by atoms with Crippen molar-refractivity contribution >= 4 is 43.9 Å². The molecule has 0 atom stereocenters. The van der Waals surface area contributed by atoms with Gasteiger partial charge >= 0.3 is 0 Å². The highest BCUT2D eigenvalue weighted by Gasteiger charge is 2.14. The molecule has 3 heterocycles. The summed E-state index contributed by atoms with van der Waals surface area (Å²) in [6.07, 6.45) is 2.43. The normalized spacial score (nSPS) is 11.2. The van der Waals surface area contributed by atoms with Gasteiger partial charge in [-0.25, -0.2) is 4.98 Å². The number of nitrogens with one attached hydrogen (secondary N) is 2. The molecule has 0 spiro atoms. The van der Waals surface area contributed by atoms with E-state index in [2.05, 4.69) is 27.6 Å². The molecule has 0 saturated heterocycles. The van der Waals surface area contributed by atoms with E-state index in [1.54, 1.807) is 36.6 Å². The first kappa shape index (κ1) is 20.0. The van der Waals surface area contributed by atoms with E-state index < -0.39 is 0 Å². The molecular weight excluding hydrogens is 426 g/mol. The minimum Gasteiger partial charge on any atom is -0.467 e.